The number of nitrogens with zero attached hydrogens (tertiary/aromatic N) is 3. The summed E-state index contributed by atoms with van der Waals surface area (Å²) in [5.74, 6) is -0.186. The molecule has 0 fully saturated rings. The van der Waals surface area contributed by atoms with Crippen LogP contribution in [0.2, 0.25) is 0 Å². The number of imidazole rings is 1. The molecule has 0 aliphatic rings. The molecule has 0 spiro atoms. The lowest BCUT2D eigenvalue weighted by Crippen LogP contribution is -2.42. The van der Waals surface area contributed by atoms with Crippen LogP contribution in [0, 0.1) is 10.1 Å². The van der Waals surface area contributed by atoms with Crippen molar-refractivity contribution in [3.63, 3.8) is 0 Å². The third-order valence-electron chi connectivity index (χ3n) is 4.18. The Labute approximate surface area is 166 Å². The molecule has 0 radical (unpaired) electrons. The summed E-state index contributed by atoms with van der Waals surface area (Å²) in [5.41, 5.74) is 6.73. The fourth-order valence-corrected chi connectivity index (χ4v) is 2.84. The predicted molar refractivity (Wildman–Crippen MR) is 108 cm³/mol. The van der Waals surface area contributed by atoms with Crippen molar-refractivity contribution in [2.45, 2.75) is 19.9 Å². The molecule has 29 heavy (non-hydrogen) atoms. The highest BCUT2D eigenvalue weighted by Crippen LogP contribution is 2.16. The fraction of sp³-hybridized carbons (Fsp3) is 0.150. The Kier molecular flexibility index (Phi) is 5.98. The molecule has 0 aliphatic carbocycles. The van der Waals surface area contributed by atoms with E-state index in [1.54, 1.807) is 10.6 Å². The van der Waals surface area contributed by atoms with Gasteiger partial charge in [0.2, 0.25) is 0 Å². The number of hydrazine groups is 1. The molecule has 1 heterocycles. The van der Waals surface area contributed by atoms with Crippen molar-refractivity contribution in [1.82, 2.24) is 20.4 Å². The molecule has 3 rings (SSSR count). The van der Waals surface area contributed by atoms with Crippen LogP contribution in [0.15, 0.2) is 54.6 Å². The first kappa shape index (κ1) is 19.7. The monoisotopic (exact) mass is 393 g/mol. The van der Waals surface area contributed by atoms with Gasteiger partial charge in [0.15, 0.2) is 0 Å². The number of hydrogen-bond donors (Lipinski definition) is 2. The van der Waals surface area contributed by atoms with E-state index in [0.717, 1.165) is 16.9 Å². The summed E-state index contributed by atoms with van der Waals surface area (Å²) < 4.78 is 1.80. The molecule has 2 N–H and O–H groups in total. The Balaban J connectivity index is 1.59. The minimum Gasteiger partial charge on any atom is -0.318 e. The molecule has 1 aromatic heterocycles. The summed E-state index contributed by atoms with van der Waals surface area (Å²) in [7, 11) is 0. The van der Waals surface area contributed by atoms with Gasteiger partial charge in [0.1, 0.15) is 12.4 Å². The van der Waals surface area contributed by atoms with E-state index in [-0.39, 0.29) is 12.2 Å². The smallest absolute Gasteiger partial charge is 0.270 e. The maximum atomic E-state index is 12.2. The Hall–Kier alpha value is -4.01. The molecule has 0 bridgehead atoms. The van der Waals surface area contributed by atoms with Gasteiger partial charge in [-0.25, -0.2) is 4.98 Å². The van der Waals surface area contributed by atoms with Gasteiger partial charge < -0.3 is 4.57 Å². The van der Waals surface area contributed by atoms with Crippen LogP contribution in [-0.2, 0) is 22.6 Å². The number of aromatic nitrogens is 2. The Bertz CT molecular complexity index is 1100. The number of nitro groups is 1. The van der Waals surface area contributed by atoms with E-state index in [1.165, 1.54) is 30.4 Å². The number of carbonyl (C=O) groups is 2. The SMILES string of the molecule is CCc1nc2ccccc2n1CC(=O)NNC(=O)/C=C/c1cccc([N+](=O)[O-])c1. The van der Waals surface area contributed by atoms with Gasteiger partial charge in [0.05, 0.1) is 16.0 Å². The van der Waals surface area contributed by atoms with E-state index < -0.39 is 16.7 Å². The number of fused-ring (bicyclic) bond motifs is 1. The number of hydrogen-bond acceptors (Lipinski definition) is 5. The fourth-order valence-electron chi connectivity index (χ4n) is 2.84. The van der Waals surface area contributed by atoms with Crippen molar-refractivity contribution in [3.05, 3.63) is 76.1 Å². The molecule has 9 heteroatoms. The van der Waals surface area contributed by atoms with Crippen molar-refractivity contribution >= 4 is 34.6 Å². The molecular formula is C20H19N5O4. The van der Waals surface area contributed by atoms with Crippen LogP contribution in [-0.4, -0.2) is 26.3 Å². The number of amides is 2. The average molecular weight is 393 g/mol. The third-order valence-corrected chi connectivity index (χ3v) is 4.18. The summed E-state index contributed by atoms with van der Waals surface area (Å²) in [6.07, 6.45) is 3.27. The molecule has 2 aromatic carbocycles. The quantitative estimate of drug-likeness (QED) is 0.379. The van der Waals surface area contributed by atoms with Crippen molar-refractivity contribution in [1.29, 1.82) is 0 Å². The van der Waals surface area contributed by atoms with Crippen LogP contribution < -0.4 is 10.9 Å². The van der Waals surface area contributed by atoms with Crippen LogP contribution in [0.4, 0.5) is 5.69 Å². The van der Waals surface area contributed by atoms with E-state index >= 15 is 0 Å². The predicted octanol–water partition coefficient (Wildman–Crippen LogP) is 2.37. The number of para-hydroxylation sites is 2. The molecule has 0 unspecified atom stereocenters. The minimum absolute atomic E-state index is 0.0125. The number of benzene rings is 2. The molecule has 0 aliphatic heterocycles. The zero-order chi connectivity index (χ0) is 20.8. The van der Waals surface area contributed by atoms with E-state index in [9.17, 15) is 19.7 Å². The lowest BCUT2D eigenvalue weighted by molar-refractivity contribution is -0.384. The van der Waals surface area contributed by atoms with Gasteiger partial charge in [-0.2, -0.15) is 0 Å². The summed E-state index contributed by atoms with van der Waals surface area (Å²) >= 11 is 0. The molecule has 0 saturated carbocycles. The van der Waals surface area contributed by atoms with E-state index in [0.29, 0.717) is 12.0 Å². The summed E-state index contributed by atoms with van der Waals surface area (Å²) in [6, 6.07) is 13.4. The van der Waals surface area contributed by atoms with Gasteiger partial charge in [-0.1, -0.05) is 31.2 Å². The molecule has 148 valence electrons. The second kappa shape index (κ2) is 8.79. The molecule has 0 saturated heterocycles. The van der Waals surface area contributed by atoms with Crippen molar-refractivity contribution in [3.8, 4) is 0 Å². The van der Waals surface area contributed by atoms with Gasteiger partial charge in [-0.15, -0.1) is 0 Å². The molecule has 3 aromatic rings. The molecule has 0 atom stereocenters. The normalized spacial score (nSPS) is 10.9. The molecule has 2 amide bonds. The summed E-state index contributed by atoms with van der Waals surface area (Å²) in [4.78, 5) is 38.9. The average Bonchev–Trinajstić information content (AvgIpc) is 3.08. The lowest BCUT2D eigenvalue weighted by Gasteiger charge is -2.09. The number of nitrogens with one attached hydrogen (secondary N) is 2. The van der Waals surface area contributed by atoms with E-state index in [4.69, 9.17) is 0 Å². The van der Waals surface area contributed by atoms with E-state index in [1.807, 2.05) is 31.2 Å². The highest BCUT2D eigenvalue weighted by molar-refractivity contribution is 5.93. The number of carbonyl (C=O) groups excluding carboxylic acids is 2. The number of aryl methyl sites for hydroxylation is 1. The van der Waals surface area contributed by atoms with Gasteiger partial charge in [-0.05, 0) is 23.8 Å². The topological polar surface area (TPSA) is 119 Å². The number of rotatable bonds is 6. The van der Waals surface area contributed by atoms with Crippen molar-refractivity contribution < 1.29 is 14.5 Å². The molecule has 9 nitrogen and oxygen atoms in total. The number of nitro benzene ring substituents is 1. The maximum Gasteiger partial charge on any atom is 0.270 e. The van der Waals surface area contributed by atoms with Crippen molar-refractivity contribution in [2.75, 3.05) is 0 Å². The van der Waals surface area contributed by atoms with Crippen molar-refractivity contribution in [2.24, 2.45) is 0 Å². The Morgan fingerprint density at radius 2 is 1.97 bits per heavy atom. The largest absolute Gasteiger partial charge is 0.318 e. The first-order valence-corrected chi connectivity index (χ1v) is 8.93. The standard InChI is InChI=1S/C20H19N5O4/c1-2-18-21-16-8-3-4-9-17(16)24(18)13-20(27)23-22-19(26)11-10-14-6-5-7-15(12-14)25(28)29/h3-12H,2,13H2,1H3,(H,22,26)(H,23,27)/b11-10+. The summed E-state index contributed by atoms with van der Waals surface area (Å²) in [6.45, 7) is 1.97. The lowest BCUT2D eigenvalue weighted by atomic mass is 10.2. The van der Waals surface area contributed by atoms with Crippen LogP contribution in [0.3, 0.4) is 0 Å². The highest BCUT2D eigenvalue weighted by atomic mass is 16.6. The van der Waals surface area contributed by atoms with Gasteiger partial charge in [-0.3, -0.25) is 30.6 Å². The van der Waals surface area contributed by atoms with Gasteiger partial charge >= 0.3 is 0 Å². The van der Waals surface area contributed by atoms with Gasteiger partial charge in [0, 0.05) is 24.6 Å². The molecular weight excluding hydrogens is 374 g/mol. The number of non-ortho nitro benzene ring substituents is 1. The van der Waals surface area contributed by atoms with Gasteiger partial charge in [0.25, 0.3) is 17.5 Å². The third kappa shape index (κ3) is 4.83. The van der Waals surface area contributed by atoms with Crippen LogP contribution in [0.5, 0.6) is 0 Å². The van der Waals surface area contributed by atoms with Crippen LogP contribution in [0.1, 0.15) is 18.3 Å². The first-order chi connectivity index (χ1) is 14.0. The van der Waals surface area contributed by atoms with Crippen LogP contribution >= 0.6 is 0 Å². The summed E-state index contributed by atoms with van der Waals surface area (Å²) in [5, 5.41) is 10.8. The maximum absolute atomic E-state index is 12.2. The Morgan fingerprint density at radius 1 is 1.17 bits per heavy atom. The second-order valence-electron chi connectivity index (χ2n) is 6.18. The zero-order valence-corrected chi connectivity index (χ0v) is 15.7. The van der Waals surface area contributed by atoms with Crippen LogP contribution in [0.25, 0.3) is 17.1 Å². The minimum atomic E-state index is -0.559. The highest BCUT2D eigenvalue weighted by Gasteiger charge is 2.12. The van der Waals surface area contributed by atoms with E-state index in [2.05, 4.69) is 15.8 Å². The second-order valence-corrected chi connectivity index (χ2v) is 6.18. The zero-order valence-electron chi connectivity index (χ0n) is 15.7. The Morgan fingerprint density at radius 3 is 2.72 bits per heavy atom. The first-order valence-electron chi connectivity index (χ1n) is 8.93.